The summed E-state index contributed by atoms with van der Waals surface area (Å²) >= 11 is 0. The van der Waals surface area contributed by atoms with E-state index in [-0.39, 0.29) is 12.5 Å². The number of nitrogens with zero attached hydrogens (tertiary/aromatic N) is 4. The van der Waals surface area contributed by atoms with Gasteiger partial charge in [-0.15, -0.1) is 0 Å². The molecule has 2 heterocycles. The third-order valence-electron chi connectivity index (χ3n) is 4.94. The number of hydrogen-bond donors (Lipinski definition) is 2. The van der Waals surface area contributed by atoms with Gasteiger partial charge in [-0.25, -0.2) is 4.98 Å². The Bertz CT molecular complexity index is 752. The molecule has 1 aliphatic rings. The van der Waals surface area contributed by atoms with E-state index < -0.39 is 0 Å². The van der Waals surface area contributed by atoms with Gasteiger partial charge >= 0.3 is 0 Å². The van der Waals surface area contributed by atoms with Crippen LogP contribution in [0.1, 0.15) is 17.1 Å². The molecule has 3 rings (SSSR count). The van der Waals surface area contributed by atoms with E-state index in [0.717, 1.165) is 37.7 Å². The number of imidazole rings is 1. The molecule has 7 heteroatoms. The fourth-order valence-corrected chi connectivity index (χ4v) is 3.45. The third-order valence-corrected chi connectivity index (χ3v) is 4.94. The van der Waals surface area contributed by atoms with E-state index in [2.05, 4.69) is 51.0 Å². The van der Waals surface area contributed by atoms with Crippen molar-refractivity contribution in [3.63, 3.8) is 0 Å². The molecule has 146 valence electrons. The zero-order chi connectivity index (χ0) is 19.2. The van der Waals surface area contributed by atoms with Gasteiger partial charge in [0.25, 0.3) is 0 Å². The third kappa shape index (κ3) is 5.30. The Labute approximate surface area is 160 Å². The number of piperazine rings is 1. The molecule has 0 atom stereocenters. The van der Waals surface area contributed by atoms with Gasteiger partial charge < -0.3 is 19.9 Å². The minimum atomic E-state index is -0.0417. The summed E-state index contributed by atoms with van der Waals surface area (Å²) in [7, 11) is 0. The van der Waals surface area contributed by atoms with Gasteiger partial charge in [-0.05, 0) is 31.5 Å². The number of aryl methyl sites for hydroxylation is 2. The summed E-state index contributed by atoms with van der Waals surface area (Å²) < 4.78 is 0. The predicted molar refractivity (Wildman–Crippen MR) is 106 cm³/mol. The van der Waals surface area contributed by atoms with Crippen LogP contribution in [0.4, 0.5) is 5.69 Å². The number of carbonyl (C=O) groups is 1. The largest absolute Gasteiger partial charge is 0.395 e. The Morgan fingerprint density at radius 1 is 1.26 bits per heavy atom. The maximum atomic E-state index is 12.7. The van der Waals surface area contributed by atoms with Crippen LogP contribution in [0.25, 0.3) is 0 Å². The Morgan fingerprint density at radius 2 is 2.04 bits per heavy atom. The molecule has 1 aliphatic heterocycles. The molecule has 2 N–H and O–H groups in total. The minimum absolute atomic E-state index is 0.0417. The summed E-state index contributed by atoms with van der Waals surface area (Å²) in [4.78, 5) is 26.3. The molecule has 2 aromatic rings. The van der Waals surface area contributed by atoms with Gasteiger partial charge in [-0.3, -0.25) is 9.69 Å². The number of amides is 1. The van der Waals surface area contributed by atoms with Crippen molar-refractivity contribution in [2.45, 2.75) is 20.4 Å². The highest BCUT2D eigenvalue weighted by Crippen LogP contribution is 2.17. The highest BCUT2D eigenvalue weighted by molar-refractivity contribution is 5.78. The van der Waals surface area contributed by atoms with Crippen LogP contribution < -0.4 is 4.90 Å². The molecular weight excluding hydrogens is 342 g/mol. The molecule has 0 bridgehead atoms. The molecule has 0 aliphatic carbocycles. The number of H-pyrrole nitrogens is 1. The van der Waals surface area contributed by atoms with E-state index in [0.29, 0.717) is 19.6 Å². The van der Waals surface area contributed by atoms with E-state index in [1.807, 2.05) is 6.92 Å². The lowest BCUT2D eigenvalue weighted by molar-refractivity contribution is -0.133. The van der Waals surface area contributed by atoms with Crippen molar-refractivity contribution in [3.05, 3.63) is 47.5 Å². The molecule has 1 amide bonds. The molecule has 1 aromatic carbocycles. The Morgan fingerprint density at radius 3 is 2.67 bits per heavy atom. The highest BCUT2D eigenvalue weighted by atomic mass is 16.3. The SMILES string of the molecule is Cc1cccc(N2CCN(CC(=O)N(CCO)Cc3cnc(C)[nH]3)CC2)c1. The summed E-state index contributed by atoms with van der Waals surface area (Å²) in [5.74, 6) is 0.869. The van der Waals surface area contributed by atoms with E-state index in [4.69, 9.17) is 0 Å². The smallest absolute Gasteiger partial charge is 0.237 e. The second-order valence-corrected chi connectivity index (χ2v) is 7.13. The van der Waals surface area contributed by atoms with E-state index in [1.54, 1.807) is 11.1 Å². The van der Waals surface area contributed by atoms with Gasteiger partial charge in [0.2, 0.25) is 5.91 Å². The fourth-order valence-electron chi connectivity index (χ4n) is 3.45. The van der Waals surface area contributed by atoms with Gasteiger partial charge in [-0.1, -0.05) is 12.1 Å². The van der Waals surface area contributed by atoms with Crippen molar-refractivity contribution in [1.82, 2.24) is 19.8 Å². The molecule has 1 fully saturated rings. The zero-order valence-electron chi connectivity index (χ0n) is 16.2. The van der Waals surface area contributed by atoms with Crippen LogP contribution in [0.2, 0.25) is 0 Å². The molecule has 7 nitrogen and oxygen atoms in total. The molecule has 1 saturated heterocycles. The lowest BCUT2D eigenvalue weighted by Gasteiger charge is -2.36. The van der Waals surface area contributed by atoms with Crippen LogP contribution in [0.5, 0.6) is 0 Å². The van der Waals surface area contributed by atoms with Gasteiger partial charge in [-0.2, -0.15) is 0 Å². The number of nitrogens with one attached hydrogen (secondary N) is 1. The van der Waals surface area contributed by atoms with Gasteiger partial charge in [0.1, 0.15) is 5.82 Å². The molecule has 27 heavy (non-hydrogen) atoms. The van der Waals surface area contributed by atoms with Crippen LogP contribution in [0.15, 0.2) is 30.5 Å². The highest BCUT2D eigenvalue weighted by Gasteiger charge is 2.22. The number of aliphatic hydroxyl groups is 1. The molecular formula is C20H29N5O2. The Balaban J connectivity index is 1.52. The molecule has 0 spiro atoms. The number of aliphatic hydroxyl groups excluding tert-OH is 1. The molecule has 0 saturated carbocycles. The molecule has 1 aromatic heterocycles. The summed E-state index contributed by atoms with van der Waals surface area (Å²) in [5.41, 5.74) is 3.40. The van der Waals surface area contributed by atoms with Crippen LogP contribution >= 0.6 is 0 Å². The van der Waals surface area contributed by atoms with Crippen LogP contribution in [-0.2, 0) is 11.3 Å². The number of rotatable bonds is 7. The Hall–Kier alpha value is -2.38. The first-order chi connectivity index (χ1) is 13.0. The van der Waals surface area contributed by atoms with Crippen molar-refractivity contribution in [2.75, 3.05) is 50.8 Å². The van der Waals surface area contributed by atoms with Crippen LogP contribution in [0.3, 0.4) is 0 Å². The minimum Gasteiger partial charge on any atom is -0.395 e. The average molecular weight is 371 g/mol. The maximum Gasteiger partial charge on any atom is 0.237 e. The number of hydrogen-bond acceptors (Lipinski definition) is 5. The normalized spacial score (nSPS) is 15.1. The second kappa shape index (κ2) is 9.01. The monoisotopic (exact) mass is 371 g/mol. The summed E-state index contributed by atoms with van der Waals surface area (Å²) in [6, 6.07) is 8.54. The quantitative estimate of drug-likeness (QED) is 0.764. The maximum absolute atomic E-state index is 12.7. The topological polar surface area (TPSA) is 75.7 Å². The molecule has 0 unspecified atom stereocenters. The van der Waals surface area contributed by atoms with E-state index in [1.165, 1.54) is 11.3 Å². The number of carbonyl (C=O) groups excluding carboxylic acids is 1. The lowest BCUT2D eigenvalue weighted by atomic mass is 10.2. The molecule has 0 radical (unpaired) electrons. The van der Waals surface area contributed by atoms with Gasteiger partial charge in [0.15, 0.2) is 0 Å². The summed E-state index contributed by atoms with van der Waals surface area (Å²) in [5, 5.41) is 9.32. The average Bonchev–Trinajstić information content (AvgIpc) is 3.07. The van der Waals surface area contributed by atoms with E-state index >= 15 is 0 Å². The fraction of sp³-hybridized carbons (Fsp3) is 0.500. The van der Waals surface area contributed by atoms with Crippen LogP contribution in [0, 0.1) is 13.8 Å². The standard InChI is InChI=1S/C20H29N5O2/c1-16-4-3-5-19(12-16)24-8-6-23(7-9-24)15-20(27)25(10-11-26)14-18-13-21-17(2)22-18/h3-5,12-13,26H,6-11,14-15H2,1-2H3,(H,21,22). The van der Waals surface area contributed by atoms with Crippen molar-refractivity contribution >= 4 is 11.6 Å². The lowest BCUT2D eigenvalue weighted by Crippen LogP contribution is -2.50. The van der Waals surface area contributed by atoms with Gasteiger partial charge in [0, 0.05) is 38.4 Å². The summed E-state index contributed by atoms with van der Waals surface area (Å²) in [6.45, 7) is 8.65. The predicted octanol–water partition coefficient (Wildman–Crippen LogP) is 1.17. The van der Waals surface area contributed by atoms with Gasteiger partial charge in [0.05, 0.1) is 31.6 Å². The number of benzene rings is 1. The van der Waals surface area contributed by atoms with Crippen LogP contribution in [-0.4, -0.2) is 76.7 Å². The van der Waals surface area contributed by atoms with E-state index in [9.17, 15) is 9.90 Å². The zero-order valence-corrected chi connectivity index (χ0v) is 16.2. The first-order valence-electron chi connectivity index (χ1n) is 9.48. The van der Waals surface area contributed by atoms with Crippen molar-refractivity contribution < 1.29 is 9.90 Å². The first-order valence-corrected chi connectivity index (χ1v) is 9.48. The summed E-state index contributed by atoms with van der Waals surface area (Å²) in [6.07, 6.45) is 1.74. The second-order valence-electron chi connectivity index (χ2n) is 7.13. The first kappa shape index (κ1) is 19.4. The van der Waals surface area contributed by atoms with Crippen molar-refractivity contribution in [2.24, 2.45) is 0 Å². The van der Waals surface area contributed by atoms with Crippen molar-refractivity contribution in [3.8, 4) is 0 Å². The van der Waals surface area contributed by atoms with Crippen molar-refractivity contribution in [1.29, 1.82) is 0 Å². The number of aromatic nitrogens is 2. The Kier molecular flexibility index (Phi) is 6.47. The number of anilines is 1. The number of aromatic amines is 1.